The van der Waals surface area contributed by atoms with Crippen molar-refractivity contribution in [3.8, 4) is 23.0 Å². The first-order valence-electron chi connectivity index (χ1n) is 6.99. The maximum absolute atomic E-state index is 12.5. The number of hydrogen-bond acceptors (Lipinski definition) is 5. The van der Waals surface area contributed by atoms with Gasteiger partial charge in [-0.1, -0.05) is 11.6 Å². The normalized spacial score (nSPS) is 10.0. The van der Waals surface area contributed by atoms with Gasteiger partial charge in [0.25, 0.3) is 5.91 Å². The van der Waals surface area contributed by atoms with Crippen LogP contribution >= 0.6 is 11.6 Å². The number of carbonyl (C=O) groups excluding carboxylic acids is 1. The lowest BCUT2D eigenvalue weighted by Gasteiger charge is -2.14. The Morgan fingerprint density at radius 2 is 1.62 bits per heavy atom. The van der Waals surface area contributed by atoms with Gasteiger partial charge >= 0.3 is 0 Å². The van der Waals surface area contributed by atoms with Crippen LogP contribution in [0.2, 0.25) is 5.02 Å². The fourth-order valence-electron chi connectivity index (χ4n) is 2.15. The van der Waals surface area contributed by atoms with Gasteiger partial charge in [-0.15, -0.1) is 0 Å². The highest BCUT2D eigenvalue weighted by atomic mass is 35.5. The van der Waals surface area contributed by atoms with Crippen molar-refractivity contribution in [1.29, 1.82) is 0 Å². The van der Waals surface area contributed by atoms with Crippen LogP contribution in [0.3, 0.4) is 0 Å². The van der Waals surface area contributed by atoms with E-state index in [1.165, 1.54) is 27.4 Å². The van der Waals surface area contributed by atoms with Gasteiger partial charge < -0.3 is 24.3 Å². The molecule has 7 heteroatoms. The lowest BCUT2D eigenvalue weighted by Crippen LogP contribution is -2.13. The second-order valence-corrected chi connectivity index (χ2v) is 5.12. The van der Waals surface area contributed by atoms with Crippen LogP contribution in [0.5, 0.6) is 23.0 Å². The van der Waals surface area contributed by atoms with Gasteiger partial charge in [-0.2, -0.15) is 0 Å². The van der Waals surface area contributed by atoms with Crippen molar-refractivity contribution in [2.45, 2.75) is 0 Å². The Balaban J connectivity index is 2.32. The van der Waals surface area contributed by atoms with Crippen molar-refractivity contribution in [3.63, 3.8) is 0 Å². The Labute approximate surface area is 145 Å². The van der Waals surface area contributed by atoms with Crippen molar-refractivity contribution in [2.75, 3.05) is 33.8 Å². The molecule has 0 saturated heterocycles. The number of methoxy groups -OCH3 is 4. The number of benzene rings is 2. The molecule has 0 radical (unpaired) electrons. The van der Waals surface area contributed by atoms with Crippen molar-refractivity contribution in [3.05, 3.63) is 40.9 Å². The SMILES string of the molecule is COc1ccc(NC(=O)c2cc(Cl)c(OC)c(OC)c2)c(OC)c1. The molecular weight excluding hydrogens is 334 g/mol. The molecule has 1 amide bonds. The second kappa shape index (κ2) is 7.79. The molecule has 1 N–H and O–H groups in total. The van der Waals surface area contributed by atoms with Crippen LogP contribution in [0.25, 0.3) is 0 Å². The van der Waals surface area contributed by atoms with Crippen molar-refractivity contribution < 1.29 is 23.7 Å². The first-order valence-corrected chi connectivity index (χ1v) is 7.36. The predicted octanol–water partition coefficient (Wildman–Crippen LogP) is 3.63. The number of anilines is 1. The Morgan fingerprint density at radius 3 is 2.21 bits per heavy atom. The highest BCUT2D eigenvalue weighted by Crippen LogP contribution is 2.36. The van der Waals surface area contributed by atoms with Gasteiger partial charge in [-0.25, -0.2) is 0 Å². The number of amides is 1. The summed E-state index contributed by atoms with van der Waals surface area (Å²) in [6, 6.07) is 8.15. The van der Waals surface area contributed by atoms with E-state index in [4.69, 9.17) is 30.5 Å². The van der Waals surface area contributed by atoms with Crippen LogP contribution in [0, 0.1) is 0 Å². The van der Waals surface area contributed by atoms with Gasteiger partial charge in [0.1, 0.15) is 11.5 Å². The van der Waals surface area contributed by atoms with E-state index in [1.807, 2.05) is 0 Å². The summed E-state index contributed by atoms with van der Waals surface area (Å²) in [6.45, 7) is 0. The largest absolute Gasteiger partial charge is 0.497 e. The molecule has 0 aliphatic heterocycles. The third-order valence-electron chi connectivity index (χ3n) is 3.35. The van der Waals surface area contributed by atoms with E-state index >= 15 is 0 Å². The highest BCUT2D eigenvalue weighted by molar-refractivity contribution is 6.32. The average molecular weight is 352 g/mol. The van der Waals surface area contributed by atoms with E-state index in [1.54, 1.807) is 31.4 Å². The maximum Gasteiger partial charge on any atom is 0.255 e. The summed E-state index contributed by atoms with van der Waals surface area (Å²) in [5, 5.41) is 3.05. The van der Waals surface area contributed by atoms with E-state index in [9.17, 15) is 4.79 Å². The van der Waals surface area contributed by atoms with Crippen LogP contribution in [0.1, 0.15) is 10.4 Å². The standard InChI is InChI=1S/C17H18ClNO5/c1-21-11-5-6-13(14(9-11)22-2)19-17(20)10-7-12(18)16(24-4)15(8-10)23-3/h5-9H,1-4H3,(H,19,20). The molecule has 0 unspecified atom stereocenters. The van der Waals surface area contributed by atoms with Gasteiger partial charge in [0, 0.05) is 11.6 Å². The maximum atomic E-state index is 12.5. The summed E-state index contributed by atoms with van der Waals surface area (Å²) >= 11 is 6.13. The number of carbonyl (C=O) groups is 1. The summed E-state index contributed by atoms with van der Waals surface area (Å²) in [5.74, 6) is 1.49. The summed E-state index contributed by atoms with van der Waals surface area (Å²) in [6.07, 6.45) is 0. The number of nitrogens with one attached hydrogen (secondary N) is 1. The summed E-state index contributed by atoms with van der Waals surface area (Å²) < 4.78 is 20.8. The quantitative estimate of drug-likeness (QED) is 0.860. The molecular formula is C17H18ClNO5. The van der Waals surface area contributed by atoms with Gasteiger partial charge in [0.2, 0.25) is 0 Å². The number of hydrogen-bond donors (Lipinski definition) is 1. The van der Waals surface area contributed by atoms with Crippen LogP contribution in [-0.4, -0.2) is 34.3 Å². The van der Waals surface area contributed by atoms with Gasteiger partial charge in [0.15, 0.2) is 11.5 Å². The summed E-state index contributed by atoms with van der Waals surface area (Å²) in [7, 11) is 6.02. The zero-order chi connectivity index (χ0) is 17.7. The highest BCUT2D eigenvalue weighted by Gasteiger charge is 2.16. The molecule has 0 aliphatic rings. The fraction of sp³-hybridized carbons (Fsp3) is 0.235. The molecule has 0 aliphatic carbocycles. The first-order chi connectivity index (χ1) is 11.5. The monoisotopic (exact) mass is 351 g/mol. The number of rotatable bonds is 6. The van der Waals surface area contributed by atoms with Crippen LogP contribution in [-0.2, 0) is 0 Å². The van der Waals surface area contributed by atoms with Crippen LogP contribution < -0.4 is 24.3 Å². The Hall–Kier alpha value is -2.60. The smallest absolute Gasteiger partial charge is 0.255 e. The molecule has 0 spiro atoms. The molecule has 0 bridgehead atoms. The third kappa shape index (κ3) is 3.65. The predicted molar refractivity (Wildman–Crippen MR) is 92.1 cm³/mol. The Kier molecular flexibility index (Phi) is 5.76. The minimum atomic E-state index is -0.360. The lowest BCUT2D eigenvalue weighted by molar-refractivity contribution is 0.102. The average Bonchev–Trinajstić information content (AvgIpc) is 2.61. The van der Waals surface area contributed by atoms with Gasteiger partial charge in [0.05, 0.1) is 39.1 Å². The molecule has 6 nitrogen and oxygen atoms in total. The molecule has 0 heterocycles. The van der Waals surface area contributed by atoms with Crippen molar-refractivity contribution in [1.82, 2.24) is 0 Å². The molecule has 128 valence electrons. The fourth-order valence-corrected chi connectivity index (χ4v) is 2.43. The van der Waals surface area contributed by atoms with Crippen molar-refractivity contribution >= 4 is 23.2 Å². The molecule has 2 aromatic rings. The Morgan fingerprint density at radius 1 is 0.917 bits per heavy atom. The minimum absolute atomic E-state index is 0.281. The van der Waals surface area contributed by atoms with E-state index in [-0.39, 0.29) is 10.9 Å². The molecule has 0 atom stereocenters. The summed E-state index contributed by atoms with van der Waals surface area (Å²) in [4.78, 5) is 12.5. The zero-order valence-electron chi connectivity index (χ0n) is 13.8. The van der Waals surface area contributed by atoms with Gasteiger partial charge in [-0.3, -0.25) is 4.79 Å². The number of halogens is 1. The van der Waals surface area contributed by atoms with Crippen LogP contribution in [0.15, 0.2) is 30.3 Å². The van der Waals surface area contributed by atoms with E-state index in [2.05, 4.69) is 5.32 Å². The van der Waals surface area contributed by atoms with E-state index in [0.29, 0.717) is 34.2 Å². The molecule has 24 heavy (non-hydrogen) atoms. The topological polar surface area (TPSA) is 66.0 Å². The zero-order valence-corrected chi connectivity index (χ0v) is 14.6. The minimum Gasteiger partial charge on any atom is -0.497 e. The number of ether oxygens (including phenoxy) is 4. The Bertz CT molecular complexity index is 748. The van der Waals surface area contributed by atoms with Crippen LogP contribution in [0.4, 0.5) is 5.69 Å². The van der Waals surface area contributed by atoms with Crippen molar-refractivity contribution in [2.24, 2.45) is 0 Å². The first kappa shape index (κ1) is 17.7. The lowest BCUT2D eigenvalue weighted by atomic mass is 10.1. The molecule has 2 aromatic carbocycles. The molecule has 0 fully saturated rings. The van der Waals surface area contributed by atoms with E-state index < -0.39 is 0 Å². The molecule has 2 rings (SSSR count). The van der Waals surface area contributed by atoms with E-state index in [0.717, 1.165) is 0 Å². The van der Waals surface area contributed by atoms with Gasteiger partial charge in [-0.05, 0) is 24.3 Å². The second-order valence-electron chi connectivity index (χ2n) is 4.71. The molecule has 0 aromatic heterocycles. The summed E-state index contributed by atoms with van der Waals surface area (Å²) in [5.41, 5.74) is 0.838. The third-order valence-corrected chi connectivity index (χ3v) is 3.63. The molecule has 0 saturated carbocycles.